The molecule has 2 rings (SSSR count). The van der Waals surface area contributed by atoms with Crippen molar-refractivity contribution in [1.29, 1.82) is 0 Å². The molecular formula is C15H25NO5. The second-order valence-electron chi connectivity index (χ2n) is 7.32. The Morgan fingerprint density at radius 3 is 2.05 bits per heavy atom. The van der Waals surface area contributed by atoms with E-state index in [2.05, 4.69) is 0 Å². The van der Waals surface area contributed by atoms with Gasteiger partial charge in [0, 0.05) is 13.1 Å². The lowest BCUT2D eigenvalue weighted by atomic mass is 9.61. The van der Waals surface area contributed by atoms with E-state index in [9.17, 15) is 19.8 Å². The predicted molar refractivity (Wildman–Crippen MR) is 75.9 cm³/mol. The van der Waals surface area contributed by atoms with Crippen molar-refractivity contribution in [3.8, 4) is 0 Å². The van der Waals surface area contributed by atoms with Gasteiger partial charge in [-0.3, -0.25) is 4.79 Å². The molecule has 6 heteroatoms. The van der Waals surface area contributed by atoms with Gasteiger partial charge < -0.3 is 19.8 Å². The van der Waals surface area contributed by atoms with Crippen molar-refractivity contribution in [2.45, 2.75) is 64.1 Å². The first-order valence-corrected chi connectivity index (χ1v) is 7.53. The van der Waals surface area contributed by atoms with E-state index in [0.717, 1.165) is 19.3 Å². The summed E-state index contributed by atoms with van der Waals surface area (Å²) in [4.78, 5) is 25.1. The number of aliphatic hydroxyl groups is 1. The molecule has 2 fully saturated rings. The van der Waals surface area contributed by atoms with Gasteiger partial charge in [0.05, 0.1) is 5.60 Å². The summed E-state index contributed by atoms with van der Waals surface area (Å²) in [5.41, 5.74) is -3.07. The van der Waals surface area contributed by atoms with Crippen molar-refractivity contribution in [2.24, 2.45) is 5.41 Å². The Labute approximate surface area is 125 Å². The lowest BCUT2D eigenvalue weighted by Gasteiger charge is -2.56. The molecule has 0 radical (unpaired) electrons. The molecule has 1 heterocycles. The van der Waals surface area contributed by atoms with Gasteiger partial charge in [-0.05, 0) is 33.6 Å². The van der Waals surface area contributed by atoms with Gasteiger partial charge in [0.2, 0.25) is 0 Å². The monoisotopic (exact) mass is 299 g/mol. The van der Waals surface area contributed by atoms with E-state index in [4.69, 9.17) is 4.74 Å². The highest BCUT2D eigenvalue weighted by Crippen LogP contribution is 2.48. The first kappa shape index (κ1) is 16.1. The molecule has 0 aromatic heterocycles. The quantitative estimate of drug-likeness (QED) is 0.814. The highest BCUT2D eigenvalue weighted by Gasteiger charge is 2.64. The zero-order valence-corrected chi connectivity index (χ0v) is 13.0. The van der Waals surface area contributed by atoms with Crippen molar-refractivity contribution in [2.75, 3.05) is 13.1 Å². The van der Waals surface area contributed by atoms with Gasteiger partial charge in [0.15, 0.2) is 0 Å². The maximum atomic E-state index is 12.0. The zero-order valence-electron chi connectivity index (χ0n) is 13.0. The molecule has 120 valence electrons. The molecule has 1 saturated heterocycles. The van der Waals surface area contributed by atoms with Crippen molar-refractivity contribution in [3.63, 3.8) is 0 Å². The lowest BCUT2D eigenvalue weighted by molar-refractivity contribution is -0.201. The van der Waals surface area contributed by atoms with Crippen LogP contribution in [-0.2, 0) is 9.53 Å². The molecule has 1 amide bonds. The Kier molecular flexibility index (Phi) is 3.95. The molecular weight excluding hydrogens is 274 g/mol. The van der Waals surface area contributed by atoms with Crippen LogP contribution in [0.4, 0.5) is 4.79 Å². The van der Waals surface area contributed by atoms with Crippen LogP contribution in [0.3, 0.4) is 0 Å². The van der Waals surface area contributed by atoms with E-state index in [-0.39, 0.29) is 13.1 Å². The van der Waals surface area contributed by atoms with Gasteiger partial charge in [0.1, 0.15) is 11.0 Å². The van der Waals surface area contributed by atoms with Crippen molar-refractivity contribution in [3.05, 3.63) is 0 Å². The van der Waals surface area contributed by atoms with Crippen molar-refractivity contribution < 1.29 is 24.5 Å². The predicted octanol–water partition coefficient (Wildman–Crippen LogP) is 2.00. The minimum atomic E-state index is -1.25. The van der Waals surface area contributed by atoms with E-state index in [0.29, 0.717) is 12.8 Å². The molecule has 2 N–H and O–H groups in total. The molecule has 0 atom stereocenters. The van der Waals surface area contributed by atoms with Gasteiger partial charge in [0.25, 0.3) is 0 Å². The van der Waals surface area contributed by atoms with Gasteiger partial charge in [-0.2, -0.15) is 0 Å². The van der Waals surface area contributed by atoms with Crippen LogP contribution in [-0.4, -0.2) is 51.5 Å². The molecule has 2 aliphatic rings. The maximum Gasteiger partial charge on any atom is 0.410 e. The Morgan fingerprint density at radius 1 is 1.10 bits per heavy atom. The molecule has 0 unspecified atom stereocenters. The fourth-order valence-electron chi connectivity index (χ4n) is 3.30. The van der Waals surface area contributed by atoms with E-state index in [1.807, 2.05) is 0 Å². The number of carbonyl (C=O) groups is 2. The van der Waals surface area contributed by atoms with Crippen LogP contribution in [0.1, 0.15) is 52.9 Å². The average Bonchev–Trinajstić information content (AvgIpc) is 2.24. The molecule has 6 nitrogen and oxygen atoms in total. The summed E-state index contributed by atoms with van der Waals surface area (Å²) in [5, 5.41) is 20.4. The molecule has 0 bridgehead atoms. The zero-order chi connectivity index (χ0) is 15.9. The van der Waals surface area contributed by atoms with E-state index in [1.54, 1.807) is 20.8 Å². The first-order valence-electron chi connectivity index (χ1n) is 7.53. The minimum absolute atomic E-state index is 0.0216. The van der Waals surface area contributed by atoms with Crippen LogP contribution in [0, 0.1) is 5.41 Å². The number of hydrogen-bond donors (Lipinski definition) is 2. The molecule has 0 spiro atoms. The number of aliphatic carboxylic acids is 1. The smallest absolute Gasteiger partial charge is 0.410 e. The summed E-state index contributed by atoms with van der Waals surface area (Å²) >= 11 is 0. The van der Waals surface area contributed by atoms with E-state index >= 15 is 0 Å². The lowest BCUT2D eigenvalue weighted by Crippen LogP contribution is -2.72. The third-order valence-electron chi connectivity index (χ3n) is 4.55. The van der Waals surface area contributed by atoms with Crippen LogP contribution in [0.2, 0.25) is 0 Å². The van der Waals surface area contributed by atoms with Crippen LogP contribution in [0.15, 0.2) is 0 Å². The number of likely N-dealkylation sites (tertiary alicyclic amines) is 1. The molecule has 0 aromatic carbocycles. The summed E-state index contributed by atoms with van der Waals surface area (Å²) in [5.74, 6) is -1.02. The fraction of sp³-hybridized carbons (Fsp3) is 0.867. The third-order valence-corrected chi connectivity index (χ3v) is 4.55. The Balaban J connectivity index is 2.08. The van der Waals surface area contributed by atoms with E-state index in [1.165, 1.54) is 4.90 Å². The Morgan fingerprint density at radius 2 is 1.62 bits per heavy atom. The van der Waals surface area contributed by atoms with Crippen LogP contribution < -0.4 is 0 Å². The number of amides is 1. The molecule has 1 saturated carbocycles. The largest absolute Gasteiger partial charge is 0.481 e. The summed E-state index contributed by atoms with van der Waals surface area (Å²) in [6.07, 6.45) is 3.14. The van der Waals surface area contributed by atoms with Crippen LogP contribution in [0.25, 0.3) is 0 Å². The molecule has 1 aliphatic carbocycles. The second kappa shape index (κ2) is 5.16. The average molecular weight is 299 g/mol. The SMILES string of the molecule is CC(C)(C)OC(=O)N1CC(C(=O)O)(C2(O)CCCCC2)C1. The highest BCUT2D eigenvalue weighted by atomic mass is 16.6. The Hall–Kier alpha value is -1.30. The molecule has 0 aromatic rings. The van der Waals surface area contributed by atoms with Crippen molar-refractivity contribution in [1.82, 2.24) is 4.90 Å². The number of hydrogen-bond acceptors (Lipinski definition) is 4. The van der Waals surface area contributed by atoms with Crippen LogP contribution >= 0.6 is 0 Å². The summed E-state index contributed by atoms with van der Waals surface area (Å²) in [6, 6.07) is 0. The number of carbonyl (C=O) groups excluding carboxylic acids is 1. The van der Waals surface area contributed by atoms with Gasteiger partial charge in [-0.25, -0.2) is 4.79 Å². The third kappa shape index (κ3) is 2.86. The topological polar surface area (TPSA) is 87.1 Å². The number of carboxylic acids is 1. The standard InChI is InChI=1S/C15H25NO5/c1-13(2,3)21-12(19)16-9-14(10-16,11(17)18)15(20)7-5-4-6-8-15/h20H,4-10H2,1-3H3,(H,17,18). The highest BCUT2D eigenvalue weighted by molar-refractivity contribution is 5.82. The second-order valence-corrected chi connectivity index (χ2v) is 7.32. The summed E-state index contributed by atoms with van der Waals surface area (Å²) in [6.45, 7) is 5.35. The summed E-state index contributed by atoms with van der Waals surface area (Å²) in [7, 11) is 0. The van der Waals surface area contributed by atoms with Gasteiger partial charge in [-0.15, -0.1) is 0 Å². The number of nitrogens with zero attached hydrogens (tertiary/aromatic N) is 1. The molecule has 21 heavy (non-hydrogen) atoms. The number of ether oxygens (including phenoxy) is 1. The van der Waals surface area contributed by atoms with Crippen LogP contribution in [0.5, 0.6) is 0 Å². The first-order chi connectivity index (χ1) is 9.60. The van der Waals surface area contributed by atoms with Crippen molar-refractivity contribution >= 4 is 12.1 Å². The van der Waals surface area contributed by atoms with E-state index < -0.39 is 28.7 Å². The molecule has 1 aliphatic heterocycles. The van der Waals surface area contributed by atoms with Gasteiger partial charge >= 0.3 is 12.1 Å². The fourth-order valence-corrected chi connectivity index (χ4v) is 3.30. The Bertz CT molecular complexity index is 428. The number of rotatable bonds is 2. The minimum Gasteiger partial charge on any atom is -0.481 e. The normalized spacial score (nSPS) is 24.1. The van der Waals surface area contributed by atoms with Gasteiger partial charge in [-0.1, -0.05) is 19.3 Å². The summed E-state index contributed by atoms with van der Waals surface area (Å²) < 4.78 is 5.25. The maximum absolute atomic E-state index is 12.0. The number of carboxylic acid groups (broad SMARTS) is 1.